The Hall–Kier alpha value is -1.11. The summed E-state index contributed by atoms with van der Waals surface area (Å²) in [6.07, 6.45) is 1.87. The summed E-state index contributed by atoms with van der Waals surface area (Å²) in [5.74, 6) is -3.82. The van der Waals surface area contributed by atoms with Gasteiger partial charge in [-0.15, -0.1) is 0 Å². The van der Waals surface area contributed by atoms with E-state index in [9.17, 15) is 28.5 Å². The van der Waals surface area contributed by atoms with Crippen molar-refractivity contribution in [3.05, 3.63) is 35.4 Å². The molecule has 0 fully saturated rings. The molecule has 0 saturated carbocycles. The molecule has 0 spiro atoms. The Labute approximate surface area is 141 Å². The van der Waals surface area contributed by atoms with Gasteiger partial charge in [0.2, 0.25) is 0 Å². The average Bonchev–Trinajstić information content (AvgIpc) is 2.48. The molecular weight excluding hydrogens is 321 g/mol. The largest absolute Gasteiger partial charge is 0.416 e. The van der Waals surface area contributed by atoms with Crippen molar-refractivity contribution in [3.63, 3.8) is 0 Å². The Kier molecular flexibility index (Phi) is 8.19. The Balaban J connectivity index is 2.64. The van der Waals surface area contributed by atoms with Crippen molar-refractivity contribution in [1.29, 1.82) is 0 Å². The summed E-state index contributed by atoms with van der Waals surface area (Å²) in [7, 11) is 0. The monoisotopic (exact) mass is 348 g/mol. The van der Waals surface area contributed by atoms with Gasteiger partial charge in [-0.05, 0) is 24.5 Å². The molecule has 0 aliphatic heterocycles. The minimum Gasteiger partial charge on any atom is -0.343 e. The molecule has 0 radical (unpaired) electrons. The van der Waals surface area contributed by atoms with E-state index in [0.717, 1.165) is 44.2 Å². The Morgan fingerprint density at radius 3 is 2.17 bits per heavy atom. The topological polar surface area (TPSA) is 60.7 Å². The van der Waals surface area contributed by atoms with Crippen molar-refractivity contribution in [2.75, 3.05) is 0 Å². The lowest BCUT2D eigenvalue weighted by atomic mass is 9.90. The van der Waals surface area contributed by atoms with Gasteiger partial charge < -0.3 is 15.3 Å². The molecule has 6 heteroatoms. The Morgan fingerprint density at radius 2 is 1.58 bits per heavy atom. The molecular formula is C18H27F3O3. The summed E-state index contributed by atoms with van der Waals surface area (Å²) in [5, 5.41) is 28.5. The number of alkyl halides is 3. The molecule has 138 valence electrons. The van der Waals surface area contributed by atoms with Gasteiger partial charge in [0.15, 0.2) is 0 Å². The average molecular weight is 348 g/mol. The lowest BCUT2D eigenvalue weighted by Crippen LogP contribution is -2.38. The van der Waals surface area contributed by atoms with Gasteiger partial charge in [-0.3, -0.25) is 0 Å². The molecule has 1 aromatic rings. The number of benzene rings is 1. The zero-order chi connectivity index (χ0) is 18.2. The van der Waals surface area contributed by atoms with Crippen LogP contribution in [0.2, 0.25) is 0 Å². The van der Waals surface area contributed by atoms with Crippen LogP contribution in [0.15, 0.2) is 24.3 Å². The van der Waals surface area contributed by atoms with Gasteiger partial charge in [0.1, 0.15) is 0 Å². The highest BCUT2D eigenvalue weighted by molar-refractivity contribution is 5.26. The van der Waals surface area contributed by atoms with E-state index in [1.165, 1.54) is 12.1 Å². The molecule has 1 atom stereocenters. The van der Waals surface area contributed by atoms with E-state index < -0.39 is 23.6 Å². The van der Waals surface area contributed by atoms with Gasteiger partial charge in [-0.25, -0.2) is 0 Å². The molecule has 0 bridgehead atoms. The second-order valence-electron chi connectivity index (χ2n) is 6.34. The number of hydrogen-bond acceptors (Lipinski definition) is 3. The van der Waals surface area contributed by atoms with Gasteiger partial charge >= 0.3 is 6.18 Å². The first kappa shape index (κ1) is 20.9. The molecule has 0 heterocycles. The molecule has 0 aliphatic carbocycles. The highest BCUT2D eigenvalue weighted by atomic mass is 19.4. The first-order valence-electron chi connectivity index (χ1n) is 8.47. The molecule has 0 aromatic heterocycles. The predicted molar refractivity (Wildman–Crippen MR) is 86.0 cm³/mol. The minimum absolute atomic E-state index is 0.0254. The van der Waals surface area contributed by atoms with Crippen LogP contribution in [0.4, 0.5) is 13.2 Å². The van der Waals surface area contributed by atoms with Gasteiger partial charge in [0, 0.05) is 5.92 Å². The summed E-state index contributed by atoms with van der Waals surface area (Å²) < 4.78 is 38.2. The molecule has 0 amide bonds. The fourth-order valence-electron chi connectivity index (χ4n) is 2.76. The summed E-state index contributed by atoms with van der Waals surface area (Å²) in [4.78, 5) is 0. The van der Waals surface area contributed by atoms with E-state index in [0.29, 0.717) is 18.4 Å². The fourth-order valence-corrected chi connectivity index (χ4v) is 2.76. The first-order valence-corrected chi connectivity index (χ1v) is 8.47. The highest BCUT2D eigenvalue weighted by Crippen LogP contribution is 2.31. The summed E-state index contributed by atoms with van der Waals surface area (Å²) >= 11 is 0. The number of aliphatic hydroxyl groups is 3. The standard InChI is InChI=1S/C18H27F3O3/c1-2-3-4-5-6-7-10-16(18(22,23)24)13-14-9-8-11-15(12-14)17(19,20)21/h8-9,11-12,16,22-24H,2-7,10,13H2,1H3. The number of rotatable bonds is 10. The SMILES string of the molecule is CCCCCCCCC(Cc1cccc(C(F)(F)F)c1)C(O)(O)O. The molecule has 0 aliphatic rings. The molecule has 1 aromatic carbocycles. The summed E-state index contributed by atoms with van der Waals surface area (Å²) in [5.41, 5.74) is -0.458. The van der Waals surface area contributed by atoms with Crippen LogP contribution in [0, 0.1) is 5.92 Å². The van der Waals surface area contributed by atoms with Gasteiger partial charge in [-0.1, -0.05) is 63.6 Å². The third-order valence-electron chi connectivity index (χ3n) is 4.19. The quantitative estimate of drug-likeness (QED) is 0.438. The lowest BCUT2D eigenvalue weighted by Gasteiger charge is -2.26. The fraction of sp³-hybridized carbons (Fsp3) is 0.667. The van der Waals surface area contributed by atoms with E-state index in [4.69, 9.17) is 0 Å². The zero-order valence-corrected chi connectivity index (χ0v) is 14.0. The zero-order valence-electron chi connectivity index (χ0n) is 14.0. The van der Waals surface area contributed by atoms with Crippen molar-refractivity contribution in [2.24, 2.45) is 5.92 Å². The third kappa shape index (κ3) is 7.64. The number of unbranched alkanes of at least 4 members (excludes halogenated alkanes) is 5. The van der Waals surface area contributed by atoms with Crippen molar-refractivity contribution in [1.82, 2.24) is 0 Å². The normalized spacial score (nSPS) is 14.0. The third-order valence-corrected chi connectivity index (χ3v) is 4.19. The van der Waals surface area contributed by atoms with Crippen LogP contribution in [-0.2, 0) is 12.6 Å². The van der Waals surface area contributed by atoms with Gasteiger partial charge in [-0.2, -0.15) is 13.2 Å². The van der Waals surface area contributed by atoms with Crippen LogP contribution < -0.4 is 0 Å². The number of halogens is 3. The highest BCUT2D eigenvalue weighted by Gasteiger charge is 2.33. The van der Waals surface area contributed by atoms with Crippen LogP contribution in [0.1, 0.15) is 63.0 Å². The lowest BCUT2D eigenvalue weighted by molar-refractivity contribution is -0.342. The van der Waals surface area contributed by atoms with E-state index in [1.807, 2.05) is 0 Å². The molecule has 0 saturated heterocycles. The van der Waals surface area contributed by atoms with Crippen LogP contribution >= 0.6 is 0 Å². The molecule has 1 rings (SSSR count). The van der Waals surface area contributed by atoms with E-state index in [1.54, 1.807) is 0 Å². The molecule has 3 nitrogen and oxygen atoms in total. The maximum Gasteiger partial charge on any atom is 0.416 e. The minimum atomic E-state index is -4.44. The van der Waals surface area contributed by atoms with Crippen molar-refractivity contribution in [2.45, 2.75) is 70.4 Å². The smallest absolute Gasteiger partial charge is 0.343 e. The number of hydrogen-bond donors (Lipinski definition) is 3. The molecule has 24 heavy (non-hydrogen) atoms. The Morgan fingerprint density at radius 1 is 0.958 bits per heavy atom. The van der Waals surface area contributed by atoms with Gasteiger partial charge in [0.25, 0.3) is 5.97 Å². The van der Waals surface area contributed by atoms with Crippen LogP contribution in [-0.4, -0.2) is 21.3 Å². The summed E-state index contributed by atoms with van der Waals surface area (Å²) in [6.45, 7) is 2.11. The van der Waals surface area contributed by atoms with E-state index in [-0.39, 0.29) is 6.42 Å². The maximum absolute atomic E-state index is 12.7. The van der Waals surface area contributed by atoms with Crippen LogP contribution in [0.5, 0.6) is 0 Å². The van der Waals surface area contributed by atoms with Crippen molar-refractivity contribution < 1.29 is 28.5 Å². The molecule has 1 unspecified atom stereocenters. The first-order chi connectivity index (χ1) is 11.1. The second-order valence-corrected chi connectivity index (χ2v) is 6.34. The predicted octanol–water partition coefficient (Wildman–Crippen LogP) is 4.25. The van der Waals surface area contributed by atoms with E-state index >= 15 is 0 Å². The molecule has 3 N–H and O–H groups in total. The van der Waals surface area contributed by atoms with Crippen LogP contribution in [0.25, 0.3) is 0 Å². The summed E-state index contributed by atoms with van der Waals surface area (Å²) in [6, 6.07) is 4.74. The van der Waals surface area contributed by atoms with E-state index in [2.05, 4.69) is 6.92 Å². The van der Waals surface area contributed by atoms with Gasteiger partial charge in [0.05, 0.1) is 5.56 Å². The maximum atomic E-state index is 12.7. The van der Waals surface area contributed by atoms with Crippen LogP contribution in [0.3, 0.4) is 0 Å². The second kappa shape index (κ2) is 9.39. The van der Waals surface area contributed by atoms with Crippen molar-refractivity contribution in [3.8, 4) is 0 Å². The Bertz CT molecular complexity index is 481. The van der Waals surface area contributed by atoms with Crippen molar-refractivity contribution >= 4 is 0 Å².